The van der Waals surface area contributed by atoms with Crippen LogP contribution in [0.3, 0.4) is 0 Å². The van der Waals surface area contributed by atoms with Crippen molar-refractivity contribution in [2.45, 2.75) is 39.3 Å². The quantitative estimate of drug-likeness (QED) is 0.638. The van der Waals surface area contributed by atoms with Gasteiger partial charge >= 0.3 is 6.03 Å². The third-order valence-corrected chi connectivity index (χ3v) is 2.11. The van der Waals surface area contributed by atoms with E-state index in [4.69, 9.17) is 4.74 Å². The van der Waals surface area contributed by atoms with Crippen molar-refractivity contribution in [1.29, 1.82) is 0 Å². The molecule has 82 valence electrons. The Labute approximate surface area is 85.6 Å². The van der Waals surface area contributed by atoms with Crippen LogP contribution in [-0.2, 0) is 4.74 Å². The van der Waals surface area contributed by atoms with E-state index >= 15 is 0 Å². The van der Waals surface area contributed by atoms with E-state index in [1.165, 1.54) is 0 Å². The summed E-state index contributed by atoms with van der Waals surface area (Å²) in [6, 6.07) is 0.180. The third-order valence-electron chi connectivity index (χ3n) is 2.11. The van der Waals surface area contributed by atoms with Crippen LogP contribution in [-0.4, -0.2) is 42.3 Å². The lowest BCUT2D eigenvalue weighted by molar-refractivity contribution is 0.0177. The molecule has 0 bridgehead atoms. The Hall–Kier alpha value is -0.770. The van der Waals surface area contributed by atoms with Crippen molar-refractivity contribution in [3.63, 3.8) is 0 Å². The number of carbonyl (C=O) groups is 1. The topological polar surface area (TPSA) is 41.6 Å². The van der Waals surface area contributed by atoms with E-state index in [1.54, 1.807) is 0 Å². The molecule has 2 amide bonds. The number of amides is 2. The molecule has 0 aromatic carbocycles. The van der Waals surface area contributed by atoms with E-state index in [0.29, 0.717) is 19.8 Å². The van der Waals surface area contributed by atoms with Crippen molar-refractivity contribution in [2.75, 3.05) is 19.8 Å². The van der Waals surface area contributed by atoms with Crippen LogP contribution >= 0.6 is 0 Å². The number of hydrogen-bond donors (Lipinski definition) is 1. The van der Waals surface area contributed by atoms with Gasteiger partial charge < -0.3 is 15.0 Å². The number of urea groups is 1. The predicted octanol–water partition coefficient (Wildman–Crippen LogP) is 1.22. The second-order valence-electron chi connectivity index (χ2n) is 4.80. The Bertz CT molecular complexity index is 211. The molecule has 4 heteroatoms. The maximum atomic E-state index is 11.8. The third kappa shape index (κ3) is 3.18. The monoisotopic (exact) mass is 200 g/mol. The van der Waals surface area contributed by atoms with Gasteiger partial charge in [0.1, 0.15) is 0 Å². The number of rotatable bonds is 0. The molecule has 14 heavy (non-hydrogen) atoms. The molecule has 1 aliphatic heterocycles. The highest BCUT2D eigenvalue weighted by Gasteiger charge is 2.26. The van der Waals surface area contributed by atoms with Crippen LogP contribution in [0.4, 0.5) is 4.79 Å². The van der Waals surface area contributed by atoms with Gasteiger partial charge in [0.25, 0.3) is 0 Å². The molecule has 1 heterocycles. The van der Waals surface area contributed by atoms with Crippen molar-refractivity contribution in [1.82, 2.24) is 10.2 Å². The van der Waals surface area contributed by atoms with Crippen molar-refractivity contribution >= 4 is 6.03 Å². The summed E-state index contributed by atoms with van der Waals surface area (Å²) in [4.78, 5) is 13.6. The van der Waals surface area contributed by atoms with Crippen LogP contribution in [0.25, 0.3) is 0 Å². The molecule has 1 fully saturated rings. The average molecular weight is 200 g/mol. The molecule has 0 aromatic heterocycles. The lowest BCUT2D eigenvalue weighted by Gasteiger charge is -2.35. The summed E-state index contributed by atoms with van der Waals surface area (Å²) >= 11 is 0. The first-order valence-corrected chi connectivity index (χ1v) is 5.07. The van der Waals surface area contributed by atoms with Crippen molar-refractivity contribution in [2.24, 2.45) is 0 Å². The number of ether oxygens (including phenoxy) is 1. The smallest absolute Gasteiger partial charge is 0.318 e. The van der Waals surface area contributed by atoms with Gasteiger partial charge in [-0.1, -0.05) is 0 Å². The van der Waals surface area contributed by atoms with Gasteiger partial charge in [0.2, 0.25) is 0 Å². The van der Waals surface area contributed by atoms with Crippen molar-refractivity contribution < 1.29 is 9.53 Å². The first-order valence-electron chi connectivity index (χ1n) is 5.07. The maximum Gasteiger partial charge on any atom is 0.318 e. The average Bonchev–Trinajstić information content (AvgIpc) is 2.01. The van der Waals surface area contributed by atoms with E-state index in [2.05, 4.69) is 5.32 Å². The second kappa shape index (κ2) is 4.17. The van der Waals surface area contributed by atoms with Crippen LogP contribution in [0, 0.1) is 0 Å². The first kappa shape index (κ1) is 11.3. The Morgan fingerprint density at radius 2 is 2.14 bits per heavy atom. The zero-order valence-corrected chi connectivity index (χ0v) is 9.46. The van der Waals surface area contributed by atoms with Gasteiger partial charge in [0.05, 0.1) is 19.3 Å². The van der Waals surface area contributed by atoms with E-state index in [9.17, 15) is 4.79 Å². The minimum Gasteiger partial charge on any atom is -0.377 e. The molecule has 0 aliphatic carbocycles. The largest absolute Gasteiger partial charge is 0.377 e. The van der Waals surface area contributed by atoms with Crippen LogP contribution < -0.4 is 5.32 Å². The summed E-state index contributed by atoms with van der Waals surface area (Å²) in [5, 5.41) is 2.95. The first-order chi connectivity index (χ1) is 6.40. The molecule has 1 aliphatic rings. The zero-order valence-electron chi connectivity index (χ0n) is 9.46. The number of hydrogen-bond acceptors (Lipinski definition) is 2. The summed E-state index contributed by atoms with van der Waals surface area (Å²) < 4.78 is 5.27. The highest BCUT2D eigenvalue weighted by Crippen LogP contribution is 2.08. The Kier molecular flexibility index (Phi) is 3.37. The molecule has 0 spiro atoms. The van der Waals surface area contributed by atoms with Crippen LogP contribution in [0.5, 0.6) is 0 Å². The highest BCUT2D eigenvalue weighted by atomic mass is 16.5. The molecule has 1 atom stereocenters. The molecular formula is C10H20N2O2. The van der Waals surface area contributed by atoms with E-state index < -0.39 is 0 Å². The van der Waals surface area contributed by atoms with Gasteiger partial charge in [0.15, 0.2) is 0 Å². The van der Waals surface area contributed by atoms with Gasteiger partial charge in [-0.2, -0.15) is 0 Å². The molecule has 4 nitrogen and oxygen atoms in total. The molecular weight excluding hydrogens is 180 g/mol. The number of nitrogens with zero attached hydrogens (tertiary/aromatic N) is 1. The van der Waals surface area contributed by atoms with E-state index in [1.807, 2.05) is 32.6 Å². The lowest BCUT2D eigenvalue weighted by Crippen LogP contribution is -2.55. The molecule has 0 aromatic rings. The standard InChI is InChI=1S/C10H20N2O2/c1-8-7-14-6-5-12(8)9(13)11-10(2,3)4/h8H,5-7H2,1-4H3,(H,11,13)/t8-/m1/s1. The zero-order chi connectivity index (χ0) is 10.8. The van der Waals surface area contributed by atoms with Crippen molar-refractivity contribution in [3.05, 3.63) is 0 Å². The number of nitrogens with one attached hydrogen (secondary N) is 1. The molecule has 1 rings (SSSR count). The van der Waals surface area contributed by atoms with E-state index in [0.717, 1.165) is 0 Å². The molecule has 1 saturated heterocycles. The second-order valence-corrected chi connectivity index (χ2v) is 4.80. The Morgan fingerprint density at radius 3 is 2.64 bits per heavy atom. The number of morpholine rings is 1. The van der Waals surface area contributed by atoms with Crippen LogP contribution in [0.1, 0.15) is 27.7 Å². The van der Waals surface area contributed by atoms with Crippen LogP contribution in [0.2, 0.25) is 0 Å². The summed E-state index contributed by atoms with van der Waals surface area (Å²) in [5.74, 6) is 0. The molecule has 1 N–H and O–H groups in total. The van der Waals surface area contributed by atoms with Crippen molar-refractivity contribution in [3.8, 4) is 0 Å². The van der Waals surface area contributed by atoms with Gasteiger partial charge in [-0.05, 0) is 27.7 Å². The molecule has 0 unspecified atom stereocenters. The fraction of sp³-hybridized carbons (Fsp3) is 0.900. The molecule has 0 saturated carbocycles. The van der Waals surface area contributed by atoms with Gasteiger partial charge in [-0.3, -0.25) is 0 Å². The van der Waals surface area contributed by atoms with E-state index in [-0.39, 0.29) is 17.6 Å². The minimum atomic E-state index is -0.172. The van der Waals surface area contributed by atoms with Gasteiger partial charge in [-0.25, -0.2) is 4.79 Å². The molecule has 0 radical (unpaired) electrons. The summed E-state index contributed by atoms with van der Waals surface area (Å²) in [7, 11) is 0. The Balaban J connectivity index is 2.50. The fourth-order valence-electron chi connectivity index (χ4n) is 1.42. The fourth-order valence-corrected chi connectivity index (χ4v) is 1.42. The lowest BCUT2D eigenvalue weighted by atomic mass is 10.1. The minimum absolute atomic E-state index is 0.00769. The summed E-state index contributed by atoms with van der Waals surface area (Å²) in [5.41, 5.74) is -0.172. The van der Waals surface area contributed by atoms with Gasteiger partial charge in [0, 0.05) is 12.1 Å². The predicted molar refractivity (Wildman–Crippen MR) is 55.3 cm³/mol. The van der Waals surface area contributed by atoms with Crippen LogP contribution in [0.15, 0.2) is 0 Å². The Morgan fingerprint density at radius 1 is 1.50 bits per heavy atom. The highest BCUT2D eigenvalue weighted by molar-refractivity contribution is 5.75. The normalized spacial score (nSPS) is 23.4. The maximum absolute atomic E-state index is 11.8. The summed E-state index contributed by atoms with van der Waals surface area (Å²) in [6.45, 7) is 9.91. The summed E-state index contributed by atoms with van der Waals surface area (Å²) in [6.07, 6.45) is 0. The van der Waals surface area contributed by atoms with Gasteiger partial charge in [-0.15, -0.1) is 0 Å². The number of carbonyl (C=O) groups excluding carboxylic acids is 1. The SMILES string of the molecule is C[C@@H]1COCCN1C(=O)NC(C)(C)C.